The van der Waals surface area contributed by atoms with Gasteiger partial charge in [0, 0.05) is 67.0 Å². The summed E-state index contributed by atoms with van der Waals surface area (Å²) < 4.78 is 29.3. The van der Waals surface area contributed by atoms with E-state index in [2.05, 4.69) is 40.7 Å². The van der Waals surface area contributed by atoms with Crippen molar-refractivity contribution in [3.05, 3.63) is 87.9 Å². The zero-order valence-corrected chi connectivity index (χ0v) is 46.7. The lowest BCUT2D eigenvalue weighted by atomic mass is 9.85. The number of rotatable bonds is 17. The lowest BCUT2D eigenvalue weighted by molar-refractivity contribution is -0.144. The number of hydrogen-bond acceptors (Lipinski definition) is 15. The Labute approximate surface area is 463 Å². The summed E-state index contributed by atoms with van der Waals surface area (Å²) in [5.41, 5.74) is 5.31. The number of aromatic nitrogens is 4. The molecule has 0 spiro atoms. The summed E-state index contributed by atoms with van der Waals surface area (Å²) >= 11 is 8.20. The van der Waals surface area contributed by atoms with Crippen LogP contribution in [0.5, 0.6) is 11.8 Å². The van der Waals surface area contributed by atoms with Crippen LogP contribution in [0.3, 0.4) is 0 Å². The van der Waals surface area contributed by atoms with Crippen LogP contribution in [-0.4, -0.2) is 147 Å². The number of benzene rings is 3. The number of aromatic hydroxyl groups is 1. The number of halogens is 2. The minimum absolute atomic E-state index is 0.0224. The van der Waals surface area contributed by atoms with Crippen LogP contribution < -0.4 is 25.6 Å². The molecule has 7 heterocycles. The van der Waals surface area contributed by atoms with Gasteiger partial charge in [-0.2, -0.15) is 9.97 Å². The maximum atomic E-state index is 17.1. The van der Waals surface area contributed by atoms with Crippen molar-refractivity contribution in [2.75, 3.05) is 64.0 Å². The van der Waals surface area contributed by atoms with Crippen molar-refractivity contribution in [3.63, 3.8) is 0 Å². The molecule has 3 amide bonds. The number of hydrogen-bond donors (Lipinski definition) is 5. The lowest BCUT2D eigenvalue weighted by Crippen LogP contribution is -2.58. The number of aryl methyl sites for hydroxylation is 2. The molecular weight excluding hydrogens is 1040 g/mol. The maximum Gasteiger partial charge on any atom is 0.319 e. The molecule has 4 fully saturated rings. The Balaban J connectivity index is 0.723. The summed E-state index contributed by atoms with van der Waals surface area (Å²) in [7, 11) is 0. The SMILES string of the molecule is CCc1cccc2cc(O)cc(-c3ncc4c(N5CC6CCC(C5)N6)nc(OCCN5CCC(COCC(=O)N[C@H](C(=O)N6C[C@H](O)C[C@H]6C(=O)N[C@@H](C)c6ccc(-c7scnc7C)c(Cl)c6)C(C)(C)C)CC5)nc4c3F)c12. The first-order chi connectivity index (χ1) is 37.4. The van der Waals surface area contributed by atoms with Crippen molar-refractivity contribution in [1.29, 1.82) is 0 Å². The van der Waals surface area contributed by atoms with Gasteiger partial charge in [-0.05, 0) is 110 Å². The molecule has 0 saturated carbocycles. The second-order valence-corrected chi connectivity index (χ2v) is 23.8. The van der Waals surface area contributed by atoms with Crippen LogP contribution in [0.15, 0.2) is 60.2 Å². The number of piperidine rings is 1. The van der Waals surface area contributed by atoms with Gasteiger partial charge >= 0.3 is 6.01 Å². The maximum absolute atomic E-state index is 17.1. The highest BCUT2D eigenvalue weighted by atomic mass is 35.5. The van der Waals surface area contributed by atoms with Gasteiger partial charge in [-0.3, -0.25) is 24.3 Å². The molecule has 4 saturated heterocycles. The molecule has 0 radical (unpaired) electrons. The highest BCUT2D eigenvalue weighted by Crippen LogP contribution is 2.40. The largest absolute Gasteiger partial charge is 0.508 e. The summed E-state index contributed by atoms with van der Waals surface area (Å²) in [6.45, 7) is 15.3. The van der Waals surface area contributed by atoms with E-state index in [0.717, 1.165) is 96.3 Å². The predicted molar refractivity (Wildman–Crippen MR) is 300 cm³/mol. The molecule has 0 aliphatic carbocycles. The summed E-state index contributed by atoms with van der Waals surface area (Å²) in [5, 5.41) is 33.8. The smallest absolute Gasteiger partial charge is 0.319 e. The van der Waals surface area contributed by atoms with Crippen LogP contribution in [0, 0.1) is 24.1 Å². The van der Waals surface area contributed by atoms with Gasteiger partial charge in [0.15, 0.2) is 5.82 Å². The number of aliphatic hydroxyl groups is 1. The monoisotopic (exact) mass is 1100 g/mol. The Kier molecular flexibility index (Phi) is 16.5. The number of nitrogens with zero attached hydrogens (tertiary/aromatic N) is 7. The number of amides is 3. The van der Waals surface area contributed by atoms with E-state index in [-0.39, 0.29) is 55.1 Å². The summed E-state index contributed by atoms with van der Waals surface area (Å²) in [6, 6.07) is 13.1. The van der Waals surface area contributed by atoms with Gasteiger partial charge in [-0.15, -0.1) is 11.3 Å². The fourth-order valence-corrected chi connectivity index (χ4v) is 12.9. The highest BCUT2D eigenvalue weighted by Gasteiger charge is 2.45. The molecular formula is C58H70ClFN10O7S. The van der Waals surface area contributed by atoms with Crippen molar-refractivity contribution < 1.29 is 38.5 Å². The molecule has 20 heteroatoms. The number of carbonyl (C=O) groups excluding carboxylic acids is 3. The van der Waals surface area contributed by atoms with E-state index in [1.54, 1.807) is 23.8 Å². The first kappa shape index (κ1) is 55.2. The third kappa shape index (κ3) is 11.9. The number of β-amino-alcohol motifs (C(OH)–C–C–N with tert-alkyl or cyclic N) is 1. The van der Waals surface area contributed by atoms with Gasteiger partial charge in [-0.1, -0.05) is 69.6 Å². The molecule has 78 heavy (non-hydrogen) atoms. The molecule has 5 N–H and O–H groups in total. The van der Waals surface area contributed by atoms with Gasteiger partial charge in [0.2, 0.25) is 17.7 Å². The lowest BCUT2D eigenvalue weighted by Gasteiger charge is -2.35. The second kappa shape index (κ2) is 23.3. The summed E-state index contributed by atoms with van der Waals surface area (Å²) in [5.74, 6) is -1.09. The molecule has 4 aliphatic heterocycles. The molecule has 2 unspecified atom stereocenters. The van der Waals surface area contributed by atoms with Crippen molar-refractivity contribution in [3.8, 4) is 33.5 Å². The fourth-order valence-electron chi connectivity index (χ4n) is 11.7. The Morgan fingerprint density at radius 2 is 1.76 bits per heavy atom. The first-order valence-corrected chi connectivity index (χ1v) is 28.5. The quantitative estimate of drug-likeness (QED) is 0.0592. The first-order valence-electron chi connectivity index (χ1n) is 27.3. The minimum Gasteiger partial charge on any atom is -0.508 e. The number of nitrogens with one attached hydrogen (secondary N) is 3. The van der Waals surface area contributed by atoms with Crippen LogP contribution in [0.4, 0.5) is 10.2 Å². The van der Waals surface area contributed by atoms with Gasteiger partial charge in [-0.25, -0.2) is 9.37 Å². The Hall–Kier alpha value is -6.09. The normalized spacial score (nSPS) is 20.8. The second-order valence-electron chi connectivity index (χ2n) is 22.6. The van der Waals surface area contributed by atoms with Crippen LogP contribution in [-0.2, 0) is 25.5 Å². The van der Waals surface area contributed by atoms with Gasteiger partial charge < -0.3 is 45.4 Å². The highest BCUT2D eigenvalue weighted by molar-refractivity contribution is 7.13. The average molecular weight is 1110 g/mol. The molecule has 10 rings (SSSR count). The number of pyridine rings is 1. The number of phenolic OH excluding ortho intramolecular Hbond substituents is 1. The number of fused-ring (bicyclic) bond motifs is 4. The number of piperazine rings is 1. The number of phenols is 1. The Morgan fingerprint density at radius 1 is 0.987 bits per heavy atom. The molecule has 6 atom stereocenters. The van der Waals surface area contributed by atoms with E-state index >= 15 is 4.39 Å². The molecule has 414 valence electrons. The number of anilines is 1. The topological polar surface area (TPSA) is 208 Å². The van der Waals surface area contributed by atoms with E-state index in [4.69, 9.17) is 26.1 Å². The minimum atomic E-state index is -0.990. The number of aliphatic hydroxyl groups excluding tert-OH is 1. The number of ether oxygens (including phenoxy) is 2. The third-order valence-corrected chi connectivity index (χ3v) is 17.2. The molecule has 3 aromatic carbocycles. The van der Waals surface area contributed by atoms with E-state index < -0.39 is 53.2 Å². The molecule has 2 bridgehead atoms. The standard InChI is InChI=1S/C58H70ClFN10O7S/c1-7-35-9-8-10-37-21-40(71)23-43(48(35)37)50-49(60)51-44(25-61-50)54(69-26-38-12-13-39(27-69)64-38)67-57(66-51)77-20-19-68-17-15-34(16-18-68)29-76-30-47(73)65-53(58(4,5)6)56(75)70-28-41(72)24-46(70)55(74)63-32(2)36-11-14-42(45(59)22-36)52-33(3)62-31-78-52/h8-11,14,21-23,25,31-32,34,38-39,41,46,53,64,71-72H,7,12-13,15-20,24,26-30H2,1-6H3,(H,63,74)(H,65,73)/t32-,38?,39?,41+,46-,53+/m0/s1. The molecule has 6 aromatic rings. The summed E-state index contributed by atoms with van der Waals surface area (Å²) in [6.07, 6.45) is 5.32. The van der Waals surface area contributed by atoms with E-state index in [1.165, 1.54) is 16.2 Å². The number of likely N-dealkylation sites (tertiary alicyclic amines) is 2. The van der Waals surface area contributed by atoms with E-state index in [1.807, 2.05) is 77.9 Å². The van der Waals surface area contributed by atoms with E-state index in [9.17, 15) is 24.6 Å². The predicted octanol–water partition coefficient (Wildman–Crippen LogP) is 7.76. The van der Waals surface area contributed by atoms with Crippen molar-refractivity contribution in [1.82, 2.24) is 45.7 Å². The fraction of sp³-hybridized carbons (Fsp3) is 0.500. The van der Waals surface area contributed by atoms with Gasteiger partial charge in [0.25, 0.3) is 0 Å². The van der Waals surface area contributed by atoms with Crippen LogP contribution in [0.25, 0.3) is 43.4 Å². The van der Waals surface area contributed by atoms with Crippen molar-refractivity contribution in [2.24, 2.45) is 11.3 Å². The zero-order chi connectivity index (χ0) is 55.0. The van der Waals surface area contributed by atoms with Crippen molar-refractivity contribution in [2.45, 2.75) is 116 Å². The number of carbonyl (C=O) groups is 3. The number of thiazole rings is 1. The third-order valence-electron chi connectivity index (χ3n) is 15.9. The van der Waals surface area contributed by atoms with Crippen LogP contribution >= 0.6 is 22.9 Å². The zero-order valence-electron chi connectivity index (χ0n) is 45.2. The molecule has 17 nitrogen and oxygen atoms in total. The molecule has 3 aromatic heterocycles. The van der Waals surface area contributed by atoms with Gasteiger partial charge in [0.05, 0.1) is 40.2 Å². The summed E-state index contributed by atoms with van der Waals surface area (Å²) in [4.78, 5) is 67.0. The Morgan fingerprint density at radius 3 is 2.46 bits per heavy atom. The van der Waals surface area contributed by atoms with Crippen LogP contribution in [0.2, 0.25) is 5.02 Å². The molecule has 4 aliphatic rings. The van der Waals surface area contributed by atoms with E-state index in [0.29, 0.717) is 47.0 Å². The van der Waals surface area contributed by atoms with Crippen molar-refractivity contribution >= 4 is 68.2 Å². The Bertz CT molecular complexity index is 3190. The average Bonchev–Trinajstić information content (AvgIpc) is 4.27. The van der Waals surface area contributed by atoms with Crippen LogP contribution in [0.1, 0.15) is 89.6 Å². The van der Waals surface area contributed by atoms with Gasteiger partial charge in [0.1, 0.15) is 48.1 Å².